The Morgan fingerprint density at radius 1 is 1.48 bits per heavy atom. The lowest BCUT2D eigenvalue weighted by molar-refractivity contribution is -0.139. The van der Waals surface area contributed by atoms with Crippen LogP contribution in [0.15, 0.2) is 30.9 Å². The van der Waals surface area contributed by atoms with Gasteiger partial charge in [0.2, 0.25) is 5.91 Å². The number of methoxy groups -OCH3 is 1. The van der Waals surface area contributed by atoms with Crippen LogP contribution >= 0.6 is 0 Å². The van der Waals surface area contributed by atoms with Crippen molar-refractivity contribution in [2.24, 2.45) is 0 Å². The molecule has 1 amide bonds. The molecule has 1 atom stereocenters. The van der Waals surface area contributed by atoms with Gasteiger partial charge in [-0.3, -0.25) is 4.79 Å². The molecule has 1 unspecified atom stereocenters. The highest BCUT2D eigenvalue weighted by Gasteiger charge is 2.39. The molecule has 6 heteroatoms. The van der Waals surface area contributed by atoms with Crippen LogP contribution in [-0.4, -0.2) is 24.5 Å². The molecule has 0 aliphatic carbocycles. The van der Waals surface area contributed by atoms with Crippen LogP contribution in [0.1, 0.15) is 30.0 Å². The molecule has 1 heterocycles. The molecular formula is C15H16F3NO2. The maximum atomic E-state index is 13.2. The van der Waals surface area contributed by atoms with Crippen LogP contribution in [0.3, 0.4) is 0 Å². The van der Waals surface area contributed by atoms with Gasteiger partial charge in [0.1, 0.15) is 5.75 Å². The molecule has 0 radical (unpaired) electrons. The molecule has 3 nitrogen and oxygen atoms in total. The Balaban J connectivity index is 2.50. The lowest BCUT2D eigenvalue weighted by Crippen LogP contribution is -2.30. The van der Waals surface area contributed by atoms with Crippen LogP contribution in [0.5, 0.6) is 5.75 Å². The second-order valence-electron chi connectivity index (χ2n) is 4.84. The van der Waals surface area contributed by atoms with Gasteiger partial charge in [-0.2, -0.15) is 13.2 Å². The number of ether oxygens (including phenoxy) is 1. The van der Waals surface area contributed by atoms with Crippen molar-refractivity contribution in [2.45, 2.75) is 25.1 Å². The minimum Gasteiger partial charge on any atom is -0.497 e. The second kappa shape index (κ2) is 5.79. The quantitative estimate of drug-likeness (QED) is 0.799. The fourth-order valence-electron chi connectivity index (χ4n) is 2.67. The molecule has 0 N–H and O–H groups in total. The summed E-state index contributed by atoms with van der Waals surface area (Å²) in [4.78, 5) is 13.2. The fourth-order valence-corrected chi connectivity index (χ4v) is 2.67. The predicted octanol–water partition coefficient (Wildman–Crippen LogP) is 3.56. The van der Waals surface area contributed by atoms with Crippen molar-refractivity contribution >= 4 is 5.91 Å². The lowest BCUT2D eigenvalue weighted by atomic mass is 9.97. The van der Waals surface area contributed by atoms with E-state index in [4.69, 9.17) is 4.74 Å². The van der Waals surface area contributed by atoms with Crippen molar-refractivity contribution in [1.29, 1.82) is 0 Å². The Morgan fingerprint density at radius 2 is 2.19 bits per heavy atom. The predicted molar refractivity (Wildman–Crippen MR) is 71.9 cm³/mol. The van der Waals surface area contributed by atoms with Crippen LogP contribution in [0.25, 0.3) is 0 Å². The third-order valence-electron chi connectivity index (χ3n) is 3.63. The molecule has 0 saturated carbocycles. The Hall–Kier alpha value is -1.98. The number of carbonyl (C=O) groups is 1. The van der Waals surface area contributed by atoms with Gasteiger partial charge in [-0.05, 0) is 42.7 Å². The molecule has 1 aliphatic rings. The Morgan fingerprint density at radius 3 is 2.76 bits per heavy atom. The molecule has 1 saturated heterocycles. The first-order chi connectivity index (χ1) is 9.88. The highest BCUT2D eigenvalue weighted by atomic mass is 19.4. The summed E-state index contributed by atoms with van der Waals surface area (Å²) < 4.78 is 44.6. The van der Waals surface area contributed by atoms with Crippen molar-refractivity contribution in [3.8, 4) is 5.75 Å². The van der Waals surface area contributed by atoms with E-state index in [0.717, 1.165) is 12.1 Å². The normalized spacial score (nSPS) is 18.7. The number of alkyl halides is 3. The van der Waals surface area contributed by atoms with Crippen LogP contribution in [-0.2, 0) is 11.0 Å². The first kappa shape index (κ1) is 15.4. The zero-order valence-corrected chi connectivity index (χ0v) is 11.6. The molecule has 1 fully saturated rings. The number of likely N-dealkylation sites (tertiary alicyclic amines) is 1. The summed E-state index contributed by atoms with van der Waals surface area (Å²) in [6.45, 7) is 3.83. The summed E-state index contributed by atoms with van der Waals surface area (Å²) in [6.07, 6.45) is -2.17. The molecular weight excluding hydrogens is 283 g/mol. The van der Waals surface area contributed by atoms with E-state index in [0.29, 0.717) is 25.1 Å². The van der Waals surface area contributed by atoms with E-state index in [-0.39, 0.29) is 11.5 Å². The molecule has 0 aromatic heterocycles. The molecule has 1 aromatic rings. The maximum absolute atomic E-state index is 13.2. The Kier molecular flexibility index (Phi) is 4.25. The van der Waals surface area contributed by atoms with Crippen LogP contribution in [0.2, 0.25) is 0 Å². The minimum absolute atomic E-state index is 0.0783. The van der Waals surface area contributed by atoms with E-state index in [9.17, 15) is 18.0 Å². The number of benzene rings is 1. The topological polar surface area (TPSA) is 29.5 Å². The summed E-state index contributed by atoms with van der Waals surface area (Å²) in [6, 6.07) is 3.05. The molecule has 0 bridgehead atoms. The molecule has 1 aromatic carbocycles. The molecule has 114 valence electrons. The minimum atomic E-state index is -4.47. The van der Waals surface area contributed by atoms with Gasteiger partial charge in [-0.25, -0.2) is 0 Å². The summed E-state index contributed by atoms with van der Waals surface area (Å²) >= 11 is 0. The van der Waals surface area contributed by atoms with E-state index in [1.54, 1.807) is 0 Å². The second-order valence-corrected chi connectivity index (χ2v) is 4.84. The standard InChI is InChI=1S/C15H16F3NO2/c1-3-14(20)19-8-4-5-13(19)11-9-10(21-2)6-7-12(11)15(16,17)18/h3,6-7,9,13H,1,4-5,8H2,2H3. The van der Waals surface area contributed by atoms with Gasteiger partial charge >= 0.3 is 6.18 Å². The van der Waals surface area contributed by atoms with Crippen molar-refractivity contribution in [2.75, 3.05) is 13.7 Å². The monoisotopic (exact) mass is 299 g/mol. The largest absolute Gasteiger partial charge is 0.497 e. The number of rotatable bonds is 3. The van der Waals surface area contributed by atoms with Crippen LogP contribution in [0, 0.1) is 0 Å². The Bertz CT molecular complexity index is 554. The zero-order chi connectivity index (χ0) is 15.6. The number of nitrogens with zero attached hydrogens (tertiary/aromatic N) is 1. The van der Waals surface area contributed by atoms with Crippen LogP contribution < -0.4 is 4.74 Å². The van der Waals surface area contributed by atoms with Crippen molar-refractivity contribution in [1.82, 2.24) is 4.90 Å². The van der Waals surface area contributed by atoms with E-state index in [1.807, 2.05) is 0 Å². The van der Waals surface area contributed by atoms with E-state index in [2.05, 4.69) is 6.58 Å². The highest BCUT2D eigenvalue weighted by Crippen LogP contribution is 2.41. The SMILES string of the molecule is C=CC(=O)N1CCCC1c1cc(OC)ccc1C(F)(F)F. The van der Waals surface area contributed by atoms with Gasteiger partial charge < -0.3 is 9.64 Å². The smallest absolute Gasteiger partial charge is 0.416 e. The van der Waals surface area contributed by atoms with Gasteiger partial charge in [0.25, 0.3) is 0 Å². The van der Waals surface area contributed by atoms with Crippen LogP contribution in [0.4, 0.5) is 13.2 Å². The molecule has 21 heavy (non-hydrogen) atoms. The van der Waals surface area contributed by atoms with E-state index in [1.165, 1.54) is 24.1 Å². The summed E-state index contributed by atoms with van der Waals surface area (Å²) in [7, 11) is 1.40. The van der Waals surface area contributed by atoms with Crippen molar-refractivity contribution < 1.29 is 22.7 Å². The average molecular weight is 299 g/mol. The molecule has 1 aliphatic heterocycles. The first-order valence-corrected chi connectivity index (χ1v) is 6.56. The zero-order valence-electron chi connectivity index (χ0n) is 11.6. The number of halogens is 3. The summed E-state index contributed by atoms with van der Waals surface area (Å²) in [5, 5.41) is 0. The van der Waals surface area contributed by atoms with E-state index < -0.39 is 17.8 Å². The first-order valence-electron chi connectivity index (χ1n) is 6.56. The van der Waals surface area contributed by atoms with E-state index >= 15 is 0 Å². The average Bonchev–Trinajstić information content (AvgIpc) is 2.94. The maximum Gasteiger partial charge on any atom is 0.416 e. The third-order valence-corrected chi connectivity index (χ3v) is 3.63. The van der Waals surface area contributed by atoms with Gasteiger partial charge in [0.05, 0.1) is 18.7 Å². The fraction of sp³-hybridized carbons (Fsp3) is 0.400. The lowest BCUT2D eigenvalue weighted by Gasteiger charge is -2.26. The third kappa shape index (κ3) is 3.04. The Labute approximate surface area is 121 Å². The summed E-state index contributed by atoms with van der Waals surface area (Å²) in [5.41, 5.74) is -0.647. The summed E-state index contributed by atoms with van der Waals surface area (Å²) in [5.74, 6) is -0.00986. The van der Waals surface area contributed by atoms with Gasteiger partial charge in [0, 0.05) is 6.54 Å². The number of amides is 1. The molecule has 2 rings (SSSR count). The number of hydrogen-bond acceptors (Lipinski definition) is 2. The van der Waals surface area contributed by atoms with Gasteiger partial charge in [0.15, 0.2) is 0 Å². The van der Waals surface area contributed by atoms with Gasteiger partial charge in [-0.15, -0.1) is 0 Å². The number of carbonyl (C=O) groups excluding carboxylic acids is 1. The van der Waals surface area contributed by atoms with Crippen molar-refractivity contribution in [3.63, 3.8) is 0 Å². The number of hydrogen-bond donors (Lipinski definition) is 0. The van der Waals surface area contributed by atoms with Crippen molar-refractivity contribution in [3.05, 3.63) is 42.0 Å². The van der Waals surface area contributed by atoms with Gasteiger partial charge in [-0.1, -0.05) is 6.58 Å². The molecule has 0 spiro atoms. The highest BCUT2D eigenvalue weighted by molar-refractivity contribution is 5.87.